The second-order valence-electron chi connectivity index (χ2n) is 7.74. The summed E-state index contributed by atoms with van der Waals surface area (Å²) < 4.78 is 0. The molecule has 0 aromatic carbocycles. The zero-order valence-electron chi connectivity index (χ0n) is 12.3. The summed E-state index contributed by atoms with van der Waals surface area (Å²) in [6, 6.07) is 0. The highest BCUT2D eigenvalue weighted by atomic mass is 16.3. The van der Waals surface area contributed by atoms with Gasteiger partial charge in [-0.15, -0.1) is 0 Å². The molecule has 0 aromatic rings. The van der Waals surface area contributed by atoms with E-state index in [9.17, 15) is 15.3 Å². The Bertz CT molecular complexity index is 417. The molecule has 4 fully saturated rings. The minimum Gasteiger partial charge on any atom is -0.393 e. The van der Waals surface area contributed by atoms with Gasteiger partial charge >= 0.3 is 0 Å². The van der Waals surface area contributed by atoms with Crippen LogP contribution in [0.25, 0.3) is 0 Å². The Morgan fingerprint density at radius 3 is 2.40 bits per heavy atom. The van der Waals surface area contributed by atoms with Crippen molar-refractivity contribution in [3.8, 4) is 0 Å². The summed E-state index contributed by atoms with van der Waals surface area (Å²) in [7, 11) is 0. The van der Waals surface area contributed by atoms with Crippen molar-refractivity contribution >= 4 is 0 Å². The first kappa shape index (κ1) is 13.5. The summed E-state index contributed by atoms with van der Waals surface area (Å²) in [4.78, 5) is 2.45. The predicted molar refractivity (Wildman–Crippen MR) is 75.1 cm³/mol. The van der Waals surface area contributed by atoms with Crippen LogP contribution in [0.15, 0.2) is 0 Å². The van der Waals surface area contributed by atoms with E-state index in [-0.39, 0.29) is 41.1 Å². The molecule has 3 N–H and O–H groups in total. The van der Waals surface area contributed by atoms with Crippen LogP contribution < -0.4 is 0 Å². The SMILES string of the molecule is CC1CC(O)C23CCCN4CCCC42C(O)CC3C1O. The lowest BCUT2D eigenvalue weighted by Crippen LogP contribution is -2.69. The van der Waals surface area contributed by atoms with Crippen LogP contribution in [-0.2, 0) is 0 Å². The predicted octanol–water partition coefficient (Wildman–Crippen LogP) is 0.744. The normalized spacial score (nSPS) is 59.1. The molecule has 2 heterocycles. The van der Waals surface area contributed by atoms with Crippen molar-refractivity contribution < 1.29 is 15.3 Å². The molecule has 0 bridgehead atoms. The Hall–Kier alpha value is -0.160. The van der Waals surface area contributed by atoms with Gasteiger partial charge < -0.3 is 15.3 Å². The van der Waals surface area contributed by atoms with Gasteiger partial charge in [-0.05, 0) is 63.5 Å². The molecule has 7 unspecified atom stereocenters. The molecule has 7 atom stereocenters. The molecule has 0 radical (unpaired) electrons. The zero-order chi connectivity index (χ0) is 14.1. The molecular formula is C16H27NO3. The lowest BCUT2D eigenvalue weighted by molar-refractivity contribution is -0.194. The quantitative estimate of drug-likeness (QED) is 0.613. The van der Waals surface area contributed by atoms with Gasteiger partial charge in [0.25, 0.3) is 0 Å². The number of nitrogens with zero attached hydrogens (tertiary/aromatic N) is 1. The van der Waals surface area contributed by atoms with Gasteiger partial charge in [0.2, 0.25) is 0 Å². The third kappa shape index (κ3) is 1.28. The lowest BCUT2D eigenvalue weighted by Gasteiger charge is -2.61. The summed E-state index contributed by atoms with van der Waals surface area (Å²) in [5.41, 5.74) is -0.524. The summed E-state index contributed by atoms with van der Waals surface area (Å²) in [5.74, 6) is 0.205. The van der Waals surface area contributed by atoms with E-state index in [0.29, 0.717) is 12.8 Å². The van der Waals surface area contributed by atoms with Crippen LogP contribution in [0.4, 0.5) is 0 Å². The van der Waals surface area contributed by atoms with E-state index in [1.807, 2.05) is 6.92 Å². The van der Waals surface area contributed by atoms with Crippen molar-refractivity contribution in [1.82, 2.24) is 4.90 Å². The van der Waals surface area contributed by atoms with Gasteiger partial charge in [0, 0.05) is 5.41 Å². The monoisotopic (exact) mass is 281 g/mol. The Morgan fingerprint density at radius 2 is 1.65 bits per heavy atom. The van der Waals surface area contributed by atoms with Crippen molar-refractivity contribution in [1.29, 1.82) is 0 Å². The highest BCUT2D eigenvalue weighted by Crippen LogP contribution is 2.67. The molecule has 2 aliphatic carbocycles. The third-order valence-corrected chi connectivity index (χ3v) is 7.25. The van der Waals surface area contributed by atoms with E-state index in [1.165, 1.54) is 0 Å². The molecular weight excluding hydrogens is 254 g/mol. The molecule has 4 heteroatoms. The fourth-order valence-corrected chi connectivity index (χ4v) is 6.60. The highest BCUT2D eigenvalue weighted by molar-refractivity contribution is 5.25. The van der Waals surface area contributed by atoms with E-state index in [2.05, 4.69) is 4.90 Å². The van der Waals surface area contributed by atoms with Crippen molar-refractivity contribution in [3.05, 3.63) is 0 Å². The van der Waals surface area contributed by atoms with Gasteiger partial charge in [-0.3, -0.25) is 4.90 Å². The Balaban J connectivity index is 1.86. The van der Waals surface area contributed by atoms with Crippen LogP contribution in [0.2, 0.25) is 0 Å². The van der Waals surface area contributed by atoms with Crippen LogP contribution in [0.1, 0.15) is 45.4 Å². The molecule has 2 saturated carbocycles. The Labute approximate surface area is 120 Å². The summed E-state index contributed by atoms with van der Waals surface area (Å²) in [5, 5.41) is 32.5. The van der Waals surface area contributed by atoms with Crippen LogP contribution >= 0.6 is 0 Å². The first-order chi connectivity index (χ1) is 9.54. The van der Waals surface area contributed by atoms with Gasteiger partial charge in [-0.2, -0.15) is 0 Å². The number of hydrogen-bond acceptors (Lipinski definition) is 4. The maximum absolute atomic E-state index is 11.0. The first-order valence-corrected chi connectivity index (χ1v) is 8.33. The zero-order valence-corrected chi connectivity index (χ0v) is 12.3. The number of hydrogen-bond donors (Lipinski definition) is 3. The number of piperidine rings is 1. The fourth-order valence-electron chi connectivity index (χ4n) is 6.60. The lowest BCUT2D eigenvalue weighted by atomic mass is 9.52. The van der Waals surface area contributed by atoms with E-state index >= 15 is 0 Å². The number of aliphatic hydroxyl groups excluding tert-OH is 3. The molecule has 4 rings (SSSR count). The summed E-state index contributed by atoms with van der Waals surface area (Å²) in [6.07, 6.45) is 4.38. The van der Waals surface area contributed by atoms with Crippen LogP contribution in [0.3, 0.4) is 0 Å². The van der Waals surface area contributed by atoms with Gasteiger partial charge in [0.05, 0.1) is 23.9 Å². The summed E-state index contributed by atoms with van der Waals surface area (Å²) >= 11 is 0. The van der Waals surface area contributed by atoms with Crippen molar-refractivity contribution in [2.24, 2.45) is 17.3 Å². The second kappa shape index (κ2) is 4.19. The average Bonchev–Trinajstić information content (AvgIpc) is 2.96. The maximum atomic E-state index is 11.0. The van der Waals surface area contributed by atoms with Crippen molar-refractivity contribution in [2.75, 3.05) is 13.1 Å². The molecule has 0 amide bonds. The Morgan fingerprint density at radius 1 is 0.950 bits per heavy atom. The van der Waals surface area contributed by atoms with Gasteiger partial charge in [-0.1, -0.05) is 6.92 Å². The first-order valence-electron chi connectivity index (χ1n) is 8.33. The van der Waals surface area contributed by atoms with E-state index in [1.54, 1.807) is 0 Å². The fraction of sp³-hybridized carbons (Fsp3) is 1.00. The molecule has 2 spiro atoms. The smallest absolute Gasteiger partial charge is 0.0734 e. The van der Waals surface area contributed by atoms with E-state index in [0.717, 1.165) is 38.8 Å². The average molecular weight is 281 g/mol. The molecule has 0 aromatic heterocycles. The van der Waals surface area contributed by atoms with Crippen LogP contribution in [-0.4, -0.2) is 57.2 Å². The van der Waals surface area contributed by atoms with E-state index in [4.69, 9.17) is 0 Å². The van der Waals surface area contributed by atoms with Crippen LogP contribution in [0.5, 0.6) is 0 Å². The maximum Gasteiger partial charge on any atom is 0.0734 e. The molecule has 4 aliphatic rings. The Kier molecular flexibility index (Phi) is 2.83. The van der Waals surface area contributed by atoms with Crippen molar-refractivity contribution in [3.63, 3.8) is 0 Å². The molecule has 114 valence electrons. The van der Waals surface area contributed by atoms with Crippen LogP contribution in [0, 0.1) is 17.3 Å². The molecule has 4 nitrogen and oxygen atoms in total. The van der Waals surface area contributed by atoms with Gasteiger partial charge in [0.1, 0.15) is 0 Å². The largest absolute Gasteiger partial charge is 0.393 e. The highest BCUT2D eigenvalue weighted by Gasteiger charge is 2.73. The molecule has 2 saturated heterocycles. The van der Waals surface area contributed by atoms with E-state index < -0.39 is 0 Å². The summed E-state index contributed by atoms with van der Waals surface area (Å²) in [6.45, 7) is 4.13. The minimum absolute atomic E-state index is 0.0668. The van der Waals surface area contributed by atoms with Gasteiger partial charge in [-0.25, -0.2) is 0 Å². The topological polar surface area (TPSA) is 63.9 Å². The van der Waals surface area contributed by atoms with Crippen molar-refractivity contribution in [2.45, 2.75) is 69.3 Å². The second-order valence-corrected chi connectivity index (χ2v) is 7.74. The number of rotatable bonds is 0. The van der Waals surface area contributed by atoms with Gasteiger partial charge in [0.15, 0.2) is 0 Å². The molecule has 2 aliphatic heterocycles. The minimum atomic E-state index is -0.384. The number of aliphatic hydroxyl groups is 3. The molecule has 20 heavy (non-hydrogen) atoms. The third-order valence-electron chi connectivity index (χ3n) is 7.25. The standard InChI is InChI=1S/C16H27NO3/c1-10-8-12(18)15-4-2-6-17-7-3-5-16(15,17)13(19)9-11(15)14(10)20/h10-14,18-20H,2-9H2,1H3.